The summed E-state index contributed by atoms with van der Waals surface area (Å²) in [6.07, 6.45) is 2.18. The maximum Gasteiger partial charge on any atom is 0.100 e. The van der Waals surface area contributed by atoms with Crippen molar-refractivity contribution in [3.63, 3.8) is 0 Å². The summed E-state index contributed by atoms with van der Waals surface area (Å²) in [6, 6.07) is 10.0. The molecule has 0 atom stereocenters. The molecule has 0 aliphatic carbocycles. The molecule has 0 N–H and O–H groups in total. The number of nitrogens with zero attached hydrogens (tertiary/aromatic N) is 1. The van der Waals surface area contributed by atoms with Gasteiger partial charge in [-0.05, 0) is 25.0 Å². The highest BCUT2D eigenvalue weighted by molar-refractivity contribution is 8.00. The van der Waals surface area contributed by atoms with Crippen LogP contribution in [0.1, 0.15) is 18.4 Å². The summed E-state index contributed by atoms with van der Waals surface area (Å²) >= 11 is 1.81. The first-order valence-corrected chi connectivity index (χ1v) is 6.01. The number of nitriles is 1. The van der Waals surface area contributed by atoms with Gasteiger partial charge in [-0.2, -0.15) is 5.26 Å². The molecule has 15 heavy (non-hydrogen) atoms. The molecule has 1 saturated heterocycles. The van der Waals surface area contributed by atoms with Crippen molar-refractivity contribution in [3.05, 3.63) is 29.8 Å². The monoisotopic (exact) mass is 219 g/mol. The summed E-state index contributed by atoms with van der Waals surface area (Å²) in [7, 11) is 0. The predicted molar refractivity (Wildman–Crippen MR) is 60.9 cm³/mol. The first-order valence-electron chi connectivity index (χ1n) is 5.13. The maximum atomic E-state index is 8.96. The third kappa shape index (κ3) is 2.74. The second-order valence-electron chi connectivity index (χ2n) is 3.54. The van der Waals surface area contributed by atoms with Crippen LogP contribution in [0, 0.1) is 11.3 Å². The number of benzene rings is 1. The molecule has 1 aliphatic heterocycles. The van der Waals surface area contributed by atoms with Crippen molar-refractivity contribution in [1.82, 2.24) is 0 Å². The molecule has 1 fully saturated rings. The summed E-state index contributed by atoms with van der Waals surface area (Å²) < 4.78 is 5.32. The van der Waals surface area contributed by atoms with E-state index >= 15 is 0 Å². The predicted octanol–water partition coefficient (Wildman–Crippen LogP) is 2.83. The smallest absolute Gasteiger partial charge is 0.100 e. The minimum Gasteiger partial charge on any atom is -0.381 e. The fraction of sp³-hybridized carbons (Fsp3) is 0.417. The molecule has 2 rings (SSSR count). The SMILES string of the molecule is N#Cc1ccccc1SC1CCOCC1. The van der Waals surface area contributed by atoms with Crippen LogP contribution in [0.5, 0.6) is 0 Å². The van der Waals surface area contributed by atoms with Gasteiger partial charge in [0.05, 0.1) is 5.56 Å². The van der Waals surface area contributed by atoms with Crippen LogP contribution in [0.4, 0.5) is 0 Å². The van der Waals surface area contributed by atoms with Crippen molar-refractivity contribution in [2.75, 3.05) is 13.2 Å². The van der Waals surface area contributed by atoms with Crippen LogP contribution >= 0.6 is 11.8 Å². The van der Waals surface area contributed by atoms with Crippen molar-refractivity contribution in [2.24, 2.45) is 0 Å². The molecule has 1 aliphatic rings. The molecule has 2 nitrogen and oxygen atoms in total. The van der Waals surface area contributed by atoms with Crippen molar-refractivity contribution in [3.8, 4) is 6.07 Å². The lowest BCUT2D eigenvalue weighted by Gasteiger charge is -2.21. The van der Waals surface area contributed by atoms with Gasteiger partial charge in [-0.15, -0.1) is 11.8 Å². The Hall–Kier alpha value is -0.980. The Bertz CT molecular complexity index is 366. The van der Waals surface area contributed by atoms with E-state index in [0.29, 0.717) is 5.25 Å². The number of hydrogen-bond donors (Lipinski definition) is 0. The molecular formula is C12H13NOS. The molecule has 0 spiro atoms. The zero-order valence-corrected chi connectivity index (χ0v) is 9.30. The molecule has 0 radical (unpaired) electrons. The molecule has 1 heterocycles. The van der Waals surface area contributed by atoms with Crippen LogP contribution in [-0.2, 0) is 4.74 Å². The van der Waals surface area contributed by atoms with Crippen LogP contribution in [0.15, 0.2) is 29.2 Å². The molecule has 3 heteroatoms. The summed E-state index contributed by atoms with van der Waals surface area (Å²) in [5.74, 6) is 0. The van der Waals surface area contributed by atoms with Crippen LogP contribution in [0.25, 0.3) is 0 Å². The largest absolute Gasteiger partial charge is 0.381 e. The normalized spacial score (nSPS) is 17.3. The van der Waals surface area contributed by atoms with Crippen LogP contribution in [0.2, 0.25) is 0 Å². The zero-order chi connectivity index (χ0) is 10.5. The Morgan fingerprint density at radius 2 is 2.00 bits per heavy atom. The third-order valence-corrected chi connectivity index (χ3v) is 3.88. The van der Waals surface area contributed by atoms with E-state index in [9.17, 15) is 0 Å². The van der Waals surface area contributed by atoms with E-state index in [1.54, 1.807) is 0 Å². The first-order chi connectivity index (χ1) is 7.40. The van der Waals surface area contributed by atoms with Crippen molar-refractivity contribution < 1.29 is 4.74 Å². The minimum atomic E-state index is 0.605. The summed E-state index contributed by atoms with van der Waals surface area (Å²) in [6.45, 7) is 1.71. The van der Waals surface area contributed by atoms with Gasteiger partial charge in [-0.3, -0.25) is 0 Å². The van der Waals surface area contributed by atoms with Gasteiger partial charge >= 0.3 is 0 Å². The van der Waals surface area contributed by atoms with Gasteiger partial charge in [0, 0.05) is 23.4 Å². The second-order valence-corrected chi connectivity index (χ2v) is 4.88. The number of rotatable bonds is 2. The highest BCUT2D eigenvalue weighted by Gasteiger charge is 2.16. The standard InChI is InChI=1S/C12H13NOS/c13-9-10-3-1-2-4-12(10)15-11-5-7-14-8-6-11/h1-4,11H,5-8H2. The topological polar surface area (TPSA) is 33.0 Å². The Morgan fingerprint density at radius 3 is 2.73 bits per heavy atom. The molecule has 0 saturated carbocycles. The third-order valence-electron chi connectivity index (χ3n) is 2.47. The fourth-order valence-electron chi connectivity index (χ4n) is 1.64. The van der Waals surface area contributed by atoms with Gasteiger partial charge in [0.15, 0.2) is 0 Å². The summed E-state index contributed by atoms with van der Waals surface area (Å²) in [5, 5.41) is 9.56. The minimum absolute atomic E-state index is 0.605. The Balaban J connectivity index is 2.06. The number of ether oxygens (including phenoxy) is 1. The quantitative estimate of drug-likeness (QED) is 0.766. The van der Waals surface area contributed by atoms with E-state index in [-0.39, 0.29) is 0 Å². The Morgan fingerprint density at radius 1 is 1.27 bits per heavy atom. The van der Waals surface area contributed by atoms with Gasteiger partial charge in [0.25, 0.3) is 0 Å². The highest BCUT2D eigenvalue weighted by atomic mass is 32.2. The van der Waals surface area contributed by atoms with Crippen LogP contribution in [0.3, 0.4) is 0 Å². The zero-order valence-electron chi connectivity index (χ0n) is 8.48. The second kappa shape index (κ2) is 5.20. The van der Waals surface area contributed by atoms with Gasteiger partial charge in [0.1, 0.15) is 6.07 Å². The first kappa shape index (κ1) is 10.5. The van der Waals surface area contributed by atoms with E-state index in [0.717, 1.165) is 36.5 Å². The van der Waals surface area contributed by atoms with E-state index in [4.69, 9.17) is 10.00 Å². The lowest BCUT2D eigenvalue weighted by Crippen LogP contribution is -2.17. The van der Waals surface area contributed by atoms with Crippen molar-refractivity contribution in [1.29, 1.82) is 5.26 Å². The van der Waals surface area contributed by atoms with E-state index in [1.807, 2.05) is 36.0 Å². The number of hydrogen-bond acceptors (Lipinski definition) is 3. The molecule has 1 aromatic rings. The molecule has 0 bridgehead atoms. The Kier molecular flexibility index (Phi) is 3.65. The average molecular weight is 219 g/mol. The lowest BCUT2D eigenvalue weighted by atomic mass is 10.2. The van der Waals surface area contributed by atoms with Gasteiger partial charge in [-0.25, -0.2) is 0 Å². The maximum absolute atomic E-state index is 8.96. The fourth-order valence-corrected chi connectivity index (χ4v) is 2.82. The molecule has 0 aromatic heterocycles. The van der Waals surface area contributed by atoms with Gasteiger partial charge < -0.3 is 4.74 Å². The van der Waals surface area contributed by atoms with E-state index in [2.05, 4.69) is 6.07 Å². The molecule has 0 amide bonds. The van der Waals surface area contributed by atoms with Crippen LogP contribution in [-0.4, -0.2) is 18.5 Å². The van der Waals surface area contributed by atoms with E-state index in [1.165, 1.54) is 0 Å². The summed E-state index contributed by atoms with van der Waals surface area (Å²) in [4.78, 5) is 1.10. The molecule has 0 unspecified atom stereocenters. The van der Waals surface area contributed by atoms with Crippen LogP contribution < -0.4 is 0 Å². The summed E-state index contributed by atoms with van der Waals surface area (Å²) in [5.41, 5.74) is 0.786. The van der Waals surface area contributed by atoms with E-state index < -0.39 is 0 Å². The van der Waals surface area contributed by atoms with Crippen molar-refractivity contribution in [2.45, 2.75) is 23.0 Å². The van der Waals surface area contributed by atoms with Crippen molar-refractivity contribution >= 4 is 11.8 Å². The Labute approximate surface area is 94.2 Å². The van der Waals surface area contributed by atoms with Gasteiger partial charge in [-0.1, -0.05) is 12.1 Å². The highest BCUT2D eigenvalue weighted by Crippen LogP contribution is 2.31. The van der Waals surface area contributed by atoms with Gasteiger partial charge in [0.2, 0.25) is 0 Å². The molecular weight excluding hydrogens is 206 g/mol. The lowest BCUT2D eigenvalue weighted by molar-refractivity contribution is 0.100. The molecule has 1 aromatic carbocycles. The molecule has 78 valence electrons. The average Bonchev–Trinajstić information content (AvgIpc) is 2.31. The number of thioether (sulfide) groups is 1.